The highest BCUT2D eigenvalue weighted by atomic mass is 15.4. The molecule has 0 unspecified atom stereocenters. The zero-order valence-electron chi connectivity index (χ0n) is 13.4. The minimum Gasteiger partial charge on any atom is -0.303 e. The fraction of sp³-hybridized carbons (Fsp3) is 0.867. The maximum Gasteiger partial charge on any atom is 0.0967 e. The number of piperidine rings is 1. The van der Waals surface area contributed by atoms with Gasteiger partial charge in [0, 0.05) is 26.2 Å². The molecule has 0 N–H and O–H groups in total. The predicted molar refractivity (Wildman–Crippen MR) is 81.6 cm³/mol. The maximum absolute atomic E-state index is 4.32. The van der Waals surface area contributed by atoms with Crippen LogP contribution >= 0.6 is 0 Å². The molecular formula is C15H29N5. The third-order valence-electron chi connectivity index (χ3n) is 4.23. The molecule has 1 aromatic rings. The zero-order chi connectivity index (χ0) is 14.5. The van der Waals surface area contributed by atoms with Crippen molar-refractivity contribution in [3.63, 3.8) is 0 Å². The Labute approximate surface area is 122 Å². The molecule has 0 bridgehead atoms. The highest BCUT2D eigenvalue weighted by Crippen LogP contribution is 2.22. The van der Waals surface area contributed by atoms with E-state index in [0.29, 0.717) is 6.04 Å². The molecule has 2 rings (SSSR count). The molecule has 0 spiro atoms. The summed E-state index contributed by atoms with van der Waals surface area (Å²) < 4.78 is 2.08. The van der Waals surface area contributed by atoms with Crippen LogP contribution in [0.1, 0.15) is 44.8 Å². The first-order valence-electron chi connectivity index (χ1n) is 7.86. The quantitative estimate of drug-likeness (QED) is 0.798. The maximum atomic E-state index is 4.32. The van der Waals surface area contributed by atoms with Gasteiger partial charge in [0.25, 0.3) is 0 Å². The van der Waals surface area contributed by atoms with Gasteiger partial charge in [0.2, 0.25) is 0 Å². The fourth-order valence-electron chi connectivity index (χ4n) is 2.82. The van der Waals surface area contributed by atoms with Gasteiger partial charge < -0.3 is 9.80 Å². The van der Waals surface area contributed by atoms with Crippen LogP contribution in [-0.2, 0) is 6.54 Å². The first-order chi connectivity index (χ1) is 9.58. The molecule has 5 heteroatoms. The van der Waals surface area contributed by atoms with Crippen LogP contribution in [0.25, 0.3) is 0 Å². The molecule has 0 radical (unpaired) electrons. The Morgan fingerprint density at radius 3 is 2.65 bits per heavy atom. The predicted octanol–water partition coefficient (Wildman–Crippen LogP) is 2.02. The van der Waals surface area contributed by atoms with Crippen LogP contribution in [-0.4, -0.2) is 58.5 Å². The molecular weight excluding hydrogens is 250 g/mol. The second kappa shape index (κ2) is 7.18. The third kappa shape index (κ3) is 4.28. The molecule has 0 aromatic carbocycles. The largest absolute Gasteiger partial charge is 0.303 e. The van der Waals surface area contributed by atoms with Gasteiger partial charge in [0.05, 0.1) is 17.9 Å². The van der Waals surface area contributed by atoms with E-state index in [1.165, 1.54) is 38.9 Å². The normalized spacial score (nSPS) is 19.6. The van der Waals surface area contributed by atoms with Gasteiger partial charge in [-0.2, -0.15) is 0 Å². The van der Waals surface area contributed by atoms with Crippen molar-refractivity contribution in [2.75, 3.05) is 33.7 Å². The second-order valence-corrected chi connectivity index (χ2v) is 6.47. The Bertz CT molecular complexity index is 393. The molecule has 1 aliphatic rings. The lowest BCUT2D eigenvalue weighted by Gasteiger charge is -2.33. The smallest absolute Gasteiger partial charge is 0.0967 e. The summed E-state index contributed by atoms with van der Waals surface area (Å²) in [4.78, 5) is 4.73. The molecule has 1 saturated heterocycles. The summed E-state index contributed by atoms with van der Waals surface area (Å²) in [5, 5.41) is 8.59. The van der Waals surface area contributed by atoms with Crippen molar-refractivity contribution < 1.29 is 0 Å². The van der Waals surface area contributed by atoms with E-state index < -0.39 is 0 Å². The van der Waals surface area contributed by atoms with Crippen molar-refractivity contribution in [2.24, 2.45) is 5.92 Å². The van der Waals surface area contributed by atoms with E-state index in [1.807, 2.05) is 0 Å². The van der Waals surface area contributed by atoms with E-state index in [0.717, 1.165) is 18.2 Å². The van der Waals surface area contributed by atoms with Crippen LogP contribution in [0.5, 0.6) is 0 Å². The fourth-order valence-corrected chi connectivity index (χ4v) is 2.82. The topological polar surface area (TPSA) is 37.2 Å². The van der Waals surface area contributed by atoms with Crippen molar-refractivity contribution in [3.05, 3.63) is 11.9 Å². The average molecular weight is 279 g/mol. The molecule has 1 atom stereocenters. The minimum absolute atomic E-state index is 0.534. The molecule has 0 saturated carbocycles. The Kier molecular flexibility index (Phi) is 5.54. The summed E-state index contributed by atoms with van der Waals surface area (Å²) in [6.07, 6.45) is 5.79. The summed E-state index contributed by atoms with van der Waals surface area (Å²) in [6.45, 7) is 9.12. The lowest BCUT2D eigenvalue weighted by Crippen LogP contribution is -2.37. The van der Waals surface area contributed by atoms with Gasteiger partial charge in [-0.25, -0.2) is 4.68 Å². The van der Waals surface area contributed by atoms with Crippen molar-refractivity contribution in [1.29, 1.82) is 0 Å². The van der Waals surface area contributed by atoms with Gasteiger partial charge >= 0.3 is 0 Å². The molecule has 1 aromatic heterocycles. The highest BCUT2D eigenvalue weighted by molar-refractivity contribution is 4.93. The summed E-state index contributed by atoms with van der Waals surface area (Å²) >= 11 is 0. The van der Waals surface area contributed by atoms with Crippen LogP contribution < -0.4 is 0 Å². The molecule has 1 fully saturated rings. The number of aromatic nitrogens is 3. The molecule has 5 nitrogen and oxygen atoms in total. The average Bonchev–Trinajstić information content (AvgIpc) is 2.87. The number of nitrogens with zero attached hydrogens (tertiary/aromatic N) is 5. The van der Waals surface area contributed by atoms with Crippen LogP contribution in [0, 0.1) is 5.92 Å². The molecule has 1 aliphatic heterocycles. The van der Waals surface area contributed by atoms with Crippen LogP contribution in [0.3, 0.4) is 0 Å². The van der Waals surface area contributed by atoms with Crippen LogP contribution in [0.4, 0.5) is 0 Å². The van der Waals surface area contributed by atoms with E-state index in [-0.39, 0.29) is 0 Å². The van der Waals surface area contributed by atoms with E-state index >= 15 is 0 Å². The summed E-state index contributed by atoms with van der Waals surface area (Å²) in [5.41, 5.74) is 1.07. The Morgan fingerprint density at radius 2 is 2.05 bits per heavy atom. The third-order valence-corrected chi connectivity index (χ3v) is 4.23. The SMILES string of the molecule is CC[C@H](C)CN1CCC(n2cc(CN(C)C)nn2)CC1. The van der Waals surface area contributed by atoms with Gasteiger partial charge in [0.1, 0.15) is 0 Å². The first-order valence-corrected chi connectivity index (χ1v) is 7.86. The van der Waals surface area contributed by atoms with Gasteiger partial charge in [0.15, 0.2) is 0 Å². The Balaban J connectivity index is 1.82. The van der Waals surface area contributed by atoms with Gasteiger partial charge in [-0.3, -0.25) is 0 Å². The first kappa shape index (κ1) is 15.4. The molecule has 2 heterocycles. The van der Waals surface area contributed by atoms with Gasteiger partial charge in [-0.1, -0.05) is 25.5 Å². The van der Waals surface area contributed by atoms with Crippen molar-refractivity contribution in [3.8, 4) is 0 Å². The zero-order valence-corrected chi connectivity index (χ0v) is 13.4. The van der Waals surface area contributed by atoms with Gasteiger partial charge in [-0.15, -0.1) is 5.10 Å². The summed E-state index contributed by atoms with van der Waals surface area (Å²) in [6, 6.07) is 0.534. The monoisotopic (exact) mass is 279 g/mol. The lowest BCUT2D eigenvalue weighted by atomic mass is 10.0. The number of hydrogen-bond acceptors (Lipinski definition) is 4. The van der Waals surface area contributed by atoms with Crippen molar-refractivity contribution in [2.45, 2.75) is 45.7 Å². The Morgan fingerprint density at radius 1 is 1.35 bits per heavy atom. The standard InChI is InChI=1S/C15H29N5/c1-5-13(2)10-19-8-6-15(7-9-19)20-12-14(16-17-20)11-18(3)4/h12-13,15H,5-11H2,1-4H3/t13-/m0/s1. The van der Waals surface area contributed by atoms with E-state index in [4.69, 9.17) is 0 Å². The highest BCUT2D eigenvalue weighted by Gasteiger charge is 2.22. The van der Waals surface area contributed by atoms with E-state index in [1.54, 1.807) is 0 Å². The van der Waals surface area contributed by atoms with Gasteiger partial charge in [-0.05, 0) is 32.9 Å². The summed E-state index contributed by atoms with van der Waals surface area (Å²) in [7, 11) is 4.12. The number of likely N-dealkylation sites (tertiary alicyclic amines) is 1. The molecule has 0 aliphatic carbocycles. The van der Waals surface area contributed by atoms with Crippen LogP contribution in [0.2, 0.25) is 0 Å². The minimum atomic E-state index is 0.534. The molecule has 0 amide bonds. The lowest BCUT2D eigenvalue weighted by molar-refractivity contribution is 0.159. The van der Waals surface area contributed by atoms with Crippen LogP contribution in [0.15, 0.2) is 6.20 Å². The molecule has 114 valence electrons. The number of rotatable bonds is 6. The summed E-state index contributed by atoms with van der Waals surface area (Å²) in [5.74, 6) is 0.810. The second-order valence-electron chi connectivity index (χ2n) is 6.47. The Hall–Kier alpha value is -0.940. The van der Waals surface area contributed by atoms with E-state index in [2.05, 4.69) is 58.9 Å². The van der Waals surface area contributed by atoms with Crippen molar-refractivity contribution >= 4 is 0 Å². The van der Waals surface area contributed by atoms with E-state index in [9.17, 15) is 0 Å². The molecule has 20 heavy (non-hydrogen) atoms. The van der Waals surface area contributed by atoms with Crippen molar-refractivity contribution in [1.82, 2.24) is 24.8 Å². The number of hydrogen-bond donors (Lipinski definition) is 0.